The lowest BCUT2D eigenvalue weighted by atomic mass is 10.1. The molecule has 0 amide bonds. The van der Waals surface area contributed by atoms with Crippen LogP contribution in [-0.4, -0.2) is 20.7 Å². The largest absolute Gasteiger partial charge is 0.287 e. The molecule has 6 heteroatoms. The van der Waals surface area contributed by atoms with Crippen LogP contribution in [0.1, 0.15) is 16.1 Å². The molecular formula is C11H7N3O3. The average Bonchev–Trinajstić information content (AvgIpc) is 2.39. The van der Waals surface area contributed by atoms with Crippen LogP contribution in [0.15, 0.2) is 42.9 Å². The van der Waals surface area contributed by atoms with E-state index in [2.05, 4.69) is 9.97 Å². The van der Waals surface area contributed by atoms with Gasteiger partial charge in [0.1, 0.15) is 12.0 Å². The van der Waals surface area contributed by atoms with Crippen molar-refractivity contribution >= 4 is 11.5 Å². The Labute approximate surface area is 96.1 Å². The van der Waals surface area contributed by atoms with Crippen LogP contribution < -0.4 is 0 Å². The minimum atomic E-state index is -0.515. The number of nitro groups is 1. The lowest BCUT2D eigenvalue weighted by molar-refractivity contribution is -0.384. The maximum atomic E-state index is 11.9. The number of hydrogen-bond acceptors (Lipinski definition) is 5. The second-order valence-electron chi connectivity index (χ2n) is 3.23. The summed E-state index contributed by atoms with van der Waals surface area (Å²) in [6, 6.07) is 6.87. The fraction of sp³-hybridized carbons (Fsp3) is 0. The van der Waals surface area contributed by atoms with Gasteiger partial charge in [-0.25, -0.2) is 9.97 Å². The summed E-state index contributed by atoms with van der Waals surface area (Å²) >= 11 is 0. The number of rotatable bonds is 3. The van der Waals surface area contributed by atoms with Crippen molar-refractivity contribution in [2.45, 2.75) is 0 Å². The van der Waals surface area contributed by atoms with Crippen LogP contribution in [0.25, 0.3) is 0 Å². The van der Waals surface area contributed by atoms with E-state index in [1.807, 2.05) is 0 Å². The SMILES string of the molecule is O=C(c1ccc([N+](=O)[O-])cc1)c1ccncn1. The van der Waals surface area contributed by atoms with Crippen molar-refractivity contribution in [1.29, 1.82) is 0 Å². The molecule has 6 nitrogen and oxygen atoms in total. The fourth-order valence-electron chi connectivity index (χ4n) is 1.31. The van der Waals surface area contributed by atoms with E-state index < -0.39 is 4.92 Å². The first-order valence-electron chi connectivity index (χ1n) is 4.73. The van der Waals surface area contributed by atoms with E-state index in [0.29, 0.717) is 5.56 Å². The molecule has 0 atom stereocenters. The van der Waals surface area contributed by atoms with Crippen molar-refractivity contribution in [3.63, 3.8) is 0 Å². The minimum absolute atomic E-state index is 0.0516. The Morgan fingerprint density at radius 1 is 1.18 bits per heavy atom. The number of hydrogen-bond donors (Lipinski definition) is 0. The van der Waals surface area contributed by atoms with Gasteiger partial charge >= 0.3 is 0 Å². The molecule has 0 N–H and O–H groups in total. The highest BCUT2D eigenvalue weighted by molar-refractivity contribution is 6.07. The summed E-state index contributed by atoms with van der Waals surface area (Å²) < 4.78 is 0. The van der Waals surface area contributed by atoms with Gasteiger partial charge in [-0.2, -0.15) is 0 Å². The first-order valence-corrected chi connectivity index (χ1v) is 4.73. The van der Waals surface area contributed by atoms with E-state index in [4.69, 9.17) is 0 Å². The number of non-ortho nitro benzene ring substituents is 1. The molecule has 0 aliphatic rings. The first-order chi connectivity index (χ1) is 8.18. The zero-order valence-corrected chi connectivity index (χ0v) is 8.61. The van der Waals surface area contributed by atoms with Crippen molar-refractivity contribution in [3.05, 3.63) is 64.2 Å². The van der Waals surface area contributed by atoms with E-state index in [9.17, 15) is 14.9 Å². The molecule has 0 bridgehead atoms. The molecule has 1 heterocycles. The van der Waals surface area contributed by atoms with Crippen LogP contribution in [0.2, 0.25) is 0 Å². The second-order valence-corrected chi connectivity index (χ2v) is 3.23. The predicted molar refractivity (Wildman–Crippen MR) is 58.6 cm³/mol. The van der Waals surface area contributed by atoms with Gasteiger partial charge in [0, 0.05) is 23.9 Å². The van der Waals surface area contributed by atoms with Gasteiger partial charge in [0.25, 0.3) is 5.69 Å². The van der Waals surface area contributed by atoms with E-state index in [0.717, 1.165) is 0 Å². The molecule has 1 aromatic heterocycles. The van der Waals surface area contributed by atoms with E-state index >= 15 is 0 Å². The third-order valence-corrected chi connectivity index (χ3v) is 2.15. The Hall–Kier alpha value is -2.63. The van der Waals surface area contributed by atoms with Gasteiger partial charge in [-0.3, -0.25) is 14.9 Å². The standard InChI is InChI=1S/C11H7N3O3/c15-11(10-5-6-12-7-13-10)8-1-3-9(4-2-8)14(16)17/h1-7H. The highest BCUT2D eigenvalue weighted by Gasteiger charge is 2.12. The van der Waals surface area contributed by atoms with Crippen molar-refractivity contribution in [3.8, 4) is 0 Å². The summed E-state index contributed by atoms with van der Waals surface area (Å²) in [5.41, 5.74) is 0.562. The summed E-state index contributed by atoms with van der Waals surface area (Å²) in [6.45, 7) is 0. The minimum Gasteiger partial charge on any atom is -0.287 e. The van der Waals surface area contributed by atoms with Crippen molar-refractivity contribution in [1.82, 2.24) is 9.97 Å². The molecule has 2 rings (SSSR count). The molecule has 0 spiro atoms. The number of nitrogens with zero attached hydrogens (tertiary/aromatic N) is 3. The molecule has 0 saturated carbocycles. The number of carbonyl (C=O) groups is 1. The van der Waals surface area contributed by atoms with Gasteiger partial charge in [0.15, 0.2) is 0 Å². The quantitative estimate of drug-likeness (QED) is 0.453. The molecule has 17 heavy (non-hydrogen) atoms. The number of benzene rings is 1. The zero-order chi connectivity index (χ0) is 12.3. The Kier molecular flexibility index (Phi) is 2.87. The van der Waals surface area contributed by atoms with Gasteiger partial charge in [-0.15, -0.1) is 0 Å². The molecular weight excluding hydrogens is 222 g/mol. The highest BCUT2D eigenvalue weighted by Crippen LogP contribution is 2.14. The Morgan fingerprint density at radius 3 is 2.41 bits per heavy atom. The van der Waals surface area contributed by atoms with Crippen LogP contribution in [0.4, 0.5) is 5.69 Å². The average molecular weight is 229 g/mol. The number of aromatic nitrogens is 2. The lowest BCUT2D eigenvalue weighted by Gasteiger charge is -1.99. The molecule has 0 saturated heterocycles. The lowest BCUT2D eigenvalue weighted by Crippen LogP contribution is -2.04. The van der Waals surface area contributed by atoms with Crippen molar-refractivity contribution in [2.24, 2.45) is 0 Å². The van der Waals surface area contributed by atoms with Crippen molar-refractivity contribution < 1.29 is 9.72 Å². The molecule has 0 fully saturated rings. The van der Waals surface area contributed by atoms with Gasteiger partial charge in [-0.1, -0.05) is 0 Å². The topological polar surface area (TPSA) is 86.0 Å². The Bertz CT molecular complexity index is 552. The summed E-state index contributed by atoms with van der Waals surface area (Å²) in [5, 5.41) is 10.5. The molecule has 0 unspecified atom stereocenters. The third-order valence-electron chi connectivity index (χ3n) is 2.15. The second kappa shape index (κ2) is 4.48. The third kappa shape index (κ3) is 2.31. The van der Waals surface area contributed by atoms with Gasteiger partial charge in [0.05, 0.1) is 4.92 Å². The van der Waals surface area contributed by atoms with E-state index in [1.165, 1.54) is 42.9 Å². The van der Waals surface area contributed by atoms with Gasteiger partial charge in [0.2, 0.25) is 5.78 Å². The number of nitro benzene ring substituents is 1. The van der Waals surface area contributed by atoms with Crippen LogP contribution in [0, 0.1) is 10.1 Å². The number of ketones is 1. The molecule has 1 aromatic carbocycles. The predicted octanol–water partition coefficient (Wildman–Crippen LogP) is 1.62. The summed E-state index contributed by atoms with van der Waals surface area (Å²) in [4.78, 5) is 29.3. The van der Waals surface area contributed by atoms with E-state index in [1.54, 1.807) is 0 Å². The van der Waals surface area contributed by atoms with Gasteiger partial charge < -0.3 is 0 Å². The van der Waals surface area contributed by atoms with Gasteiger partial charge in [-0.05, 0) is 18.2 Å². The summed E-state index contributed by atoms with van der Waals surface area (Å²) in [6.07, 6.45) is 2.74. The van der Waals surface area contributed by atoms with Crippen LogP contribution in [0.3, 0.4) is 0 Å². The van der Waals surface area contributed by atoms with Crippen molar-refractivity contribution in [2.75, 3.05) is 0 Å². The first kappa shape index (κ1) is 10.9. The van der Waals surface area contributed by atoms with E-state index in [-0.39, 0.29) is 17.2 Å². The molecule has 0 aliphatic carbocycles. The monoisotopic (exact) mass is 229 g/mol. The van der Waals surface area contributed by atoms with Crippen LogP contribution in [0.5, 0.6) is 0 Å². The summed E-state index contributed by atoms with van der Waals surface area (Å²) in [7, 11) is 0. The maximum absolute atomic E-state index is 11.9. The fourth-order valence-corrected chi connectivity index (χ4v) is 1.31. The Balaban J connectivity index is 2.30. The van der Waals surface area contributed by atoms with Crippen LogP contribution >= 0.6 is 0 Å². The molecule has 2 aromatic rings. The molecule has 0 radical (unpaired) electrons. The summed E-state index contributed by atoms with van der Waals surface area (Å²) in [5.74, 6) is -0.290. The molecule has 0 aliphatic heterocycles. The smallest absolute Gasteiger partial charge is 0.269 e. The maximum Gasteiger partial charge on any atom is 0.269 e. The van der Waals surface area contributed by atoms with Crippen LogP contribution in [-0.2, 0) is 0 Å². The number of carbonyl (C=O) groups excluding carboxylic acids is 1. The normalized spacial score (nSPS) is 9.88. The molecule has 84 valence electrons. The zero-order valence-electron chi connectivity index (χ0n) is 8.61. The highest BCUT2D eigenvalue weighted by atomic mass is 16.6. The Morgan fingerprint density at radius 2 is 1.88 bits per heavy atom.